The zero-order valence-electron chi connectivity index (χ0n) is 7.99. The fourth-order valence-electron chi connectivity index (χ4n) is 1.02. The zero-order chi connectivity index (χ0) is 11.4. The Morgan fingerprint density at radius 1 is 1.67 bits per heavy atom. The van der Waals surface area contributed by atoms with E-state index in [2.05, 4.69) is 10.4 Å². The Morgan fingerprint density at radius 2 is 2.33 bits per heavy atom. The molecule has 1 rings (SSSR count). The number of rotatable bonds is 3. The molecule has 6 heteroatoms. The Balaban J connectivity index is 2.81. The summed E-state index contributed by atoms with van der Waals surface area (Å²) in [4.78, 5) is 11.2. The van der Waals surface area contributed by atoms with Crippen LogP contribution in [0.25, 0.3) is 0 Å². The molecule has 1 amide bonds. The molecule has 0 spiro atoms. The Morgan fingerprint density at radius 3 is 2.87 bits per heavy atom. The molecule has 0 aliphatic rings. The first kappa shape index (κ1) is 11.6. The summed E-state index contributed by atoms with van der Waals surface area (Å²) < 4.78 is 0. The number of aliphatic hydroxyl groups excluding tert-OH is 1. The predicted molar refractivity (Wildman–Crippen MR) is 56.0 cm³/mol. The summed E-state index contributed by atoms with van der Waals surface area (Å²) in [5, 5.41) is 14.6. The largest absolute Gasteiger partial charge is 0.363 e. The summed E-state index contributed by atoms with van der Waals surface area (Å²) in [6.07, 6.45) is -1.67. The molecule has 0 saturated heterocycles. The van der Waals surface area contributed by atoms with Crippen molar-refractivity contribution in [2.45, 2.75) is 13.2 Å². The van der Waals surface area contributed by atoms with E-state index in [1.807, 2.05) is 0 Å². The average molecular weight is 228 g/mol. The molecule has 0 bridgehead atoms. The third kappa shape index (κ3) is 3.00. The zero-order valence-corrected chi connectivity index (χ0v) is 8.75. The smallest absolute Gasteiger partial charge is 0.278 e. The van der Waals surface area contributed by atoms with Gasteiger partial charge in [0.1, 0.15) is 0 Å². The molecule has 0 radical (unpaired) electrons. The number of nitrogens with one attached hydrogen (secondary N) is 2. The molecule has 0 saturated carbocycles. The van der Waals surface area contributed by atoms with Crippen molar-refractivity contribution in [2.75, 3.05) is 5.32 Å². The van der Waals surface area contributed by atoms with Crippen molar-refractivity contribution in [3.63, 3.8) is 0 Å². The quantitative estimate of drug-likeness (QED) is 0.690. The van der Waals surface area contributed by atoms with Gasteiger partial charge < -0.3 is 10.4 Å². The van der Waals surface area contributed by atoms with Gasteiger partial charge in [-0.25, -0.2) is 5.53 Å². The molecule has 0 fully saturated rings. The number of carbonyl (C=O) groups is 1. The maximum atomic E-state index is 11.2. The van der Waals surface area contributed by atoms with Crippen LogP contribution in [0.4, 0.5) is 5.69 Å². The number of halogens is 1. The van der Waals surface area contributed by atoms with E-state index in [0.29, 0.717) is 10.7 Å². The summed E-state index contributed by atoms with van der Waals surface area (Å²) in [5.41, 5.74) is 7.79. The molecule has 80 valence electrons. The van der Waals surface area contributed by atoms with Crippen LogP contribution in [-0.4, -0.2) is 17.2 Å². The number of aryl methyl sites for hydroxylation is 1. The molecule has 1 aromatic rings. The van der Waals surface area contributed by atoms with E-state index >= 15 is 0 Å². The lowest BCUT2D eigenvalue weighted by molar-refractivity contribution is -0.123. The number of aliphatic hydroxyl groups is 1. The minimum atomic E-state index is -1.67. The lowest BCUT2D eigenvalue weighted by atomic mass is 10.2. The topological polar surface area (TPSA) is 85.5 Å². The van der Waals surface area contributed by atoms with Gasteiger partial charge >= 0.3 is 0 Å². The number of anilines is 1. The minimum absolute atomic E-state index is 0.534. The standard InChI is InChI=1S/C9H10ClN3O2/c1-5-4-6(10)2-3-7(5)12-8(14)9(15)13-11/h2-4,9,11,15H,1H3,(H,12,14). The summed E-state index contributed by atoms with van der Waals surface area (Å²) in [6, 6.07) is 4.92. The minimum Gasteiger partial charge on any atom is -0.363 e. The predicted octanol–water partition coefficient (Wildman–Crippen LogP) is 1.94. The van der Waals surface area contributed by atoms with Crippen molar-refractivity contribution >= 4 is 23.2 Å². The van der Waals surface area contributed by atoms with Crippen LogP contribution < -0.4 is 5.32 Å². The normalized spacial score (nSPS) is 11.9. The number of hydrogen-bond donors (Lipinski definition) is 3. The van der Waals surface area contributed by atoms with Gasteiger partial charge in [-0.05, 0) is 30.7 Å². The molecule has 1 unspecified atom stereocenters. The van der Waals surface area contributed by atoms with Gasteiger partial charge in [0, 0.05) is 10.7 Å². The van der Waals surface area contributed by atoms with Crippen molar-refractivity contribution < 1.29 is 9.90 Å². The monoisotopic (exact) mass is 227 g/mol. The Labute approximate surface area is 91.6 Å². The van der Waals surface area contributed by atoms with Crippen LogP contribution in [0.5, 0.6) is 0 Å². The fourth-order valence-corrected chi connectivity index (χ4v) is 1.25. The summed E-state index contributed by atoms with van der Waals surface area (Å²) in [5.74, 6) is -0.740. The van der Waals surface area contributed by atoms with E-state index in [0.717, 1.165) is 5.56 Å². The fraction of sp³-hybridized carbons (Fsp3) is 0.222. The number of carbonyl (C=O) groups excluding carboxylic acids is 1. The number of benzene rings is 1. The van der Waals surface area contributed by atoms with Crippen LogP contribution in [0.1, 0.15) is 5.56 Å². The highest BCUT2D eigenvalue weighted by molar-refractivity contribution is 6.30. The molecule has 0 aromatic heterocycles. The molecule has 3 N–H and O–H groups in total. The highest BCUT2D eigenvalue weighted by atomic mass is 35.5. The Bertz CT molecular complexity index is 395. The maximum Gasteiger partial charge on any atom is 0.278 e. The van der Waals surface area contributed by atoms with Crippen LogP contribution in [0, 0.1) is 12.5 Å². The molecule has 0 aliphatic heterocycles. The maximum absolute atomic E-state index is 11.2. The second-order valence-electron chi connectivity index (χ2n) is 2.95. The van der Waals surface area contributed by atoms with Crippen molar-refractivity contribution in [1.29, 1.82) is 5.53 Å². The lowest BCUT2D eigenvalue weighted by Gasteiger charge is -2.09. The molecule has 1 atom stereocenters. The summed E-state index contributed by atoms with van der Waals surface area (Å²) >= 11 is 5.73. The number of nitrogens with zero attached hydrogens (tertiary/aromatic N) is 1. The Hall–Kier alpha value is -1.46. The second-order valence-corrected chi connectivity index (χ2v) is 3.39. The Kier molecular flexibility index (Phi) is 3.76. The first-order valence-corrected chi connectivity index (χ1v) is 4.54. The molecular formula is C9H10ClN3O2. The van der Waals surface area contributed by atoms with Gasteiger partial charge in [-0.3, -0.25) is 4.79 Å². The molecular weight excluding hydrogens is 218 g/mol. The molecule has 5 nitrogen and oxygen atoms in total. The van der Waals surface area contributed by atoms with Gasteiger partial charge in [-0.15, -0.1) is 0 Å². The van der Waals surface area contributed by atoms with E-state index in [1.165, 1.54) is 0 Å². The molecule has 0 heterocycles. The highest BCUT2D eigenvalue weighted by Gasteiger charge is 2.13. The summed E-state index contributed by atoms with van der Waals surface area (Å²) in [7, 11) is 0. The van der Waals surface area contributed by atoms with E-state index in [-0.39, 0.29) is 0 Å². The number of amides is 1. The van der Waals surface area contributed by atoms with E-state index in [9.17, 15) is 4.79 Å². The van der Waals surface area contributed by atoms with E-state index in [1.54, 1.807) is 25.1 Å². The van der Waals surface area contributed by atoms with Gasteiger partial charge in [0.15, 0.2) is 0 Å². The van der Waals surface area contributed by atoms with Gasteiger partial charge in [0.25, 0.3) is 5.91 Å². The van der Waals surface area contributed by atoms with Crippen molar-refractivity contribution in [1.82, 2.24) is 0 Å². The van der Waals surface area contributed by atoms with Gasteiger partial charge in [0.2, 0.25) is 6.23 Å². The van der Waals surface area contributed by atoms with Crippen LogP contribution in [0.15, 0.2) is 23.3 Å². The first-order chi connectivity index (χ1) is 7.04. The average Bonchev–Trinajstić information content (AvgIpc) is 2.20. The van der Waals surface area contributed by atoms with E-state index < -0.39 is 12.1 Å². The van der Waals surface area contributed by atoms with Gasteiger partial charge in [-0.2, -0.15) is 5.11 Å². The molecule has 1 aromatic carbocycles. The van der Waals surface area contributed by atoms with Gasteiger partial charge in [0.05, 0.1) is 0 Å². The first-order valence-electron chi connectivity index (χ1n) is 4.16. The SMILES string of the molecule is Cc1cc(Cl)ccc1NC(=O)C(O)N=N. The van der Waals surface area contributed by atoms with Gasteiger partial charge in [-0.1, -0.05) is 11.6 Å². The third-order valence-corrected chi connectivity index (χ3v) is 2.04. The van der Waals surface area contributed by atoms with Crippen LogP contribution in [0.2, 0.25) is 5.02 Å². The van der Waals surface area contributed by atoms with Crippen LogP contribution >= 0.6 is 11.6 Å². The highest BCUT2D eigenvalue weighted by Crippen LogP contribution is 2.19. The van der Waals surface area contributed by atoms with Crippen molar-refractivity contribution in [3.8, 4) is 0 Å². The molecule has 0 aliphatic carbocycles. The van der Waals surface area contributed by atoms with Crippen LogP contribution in [0.3, 0.4) is 0 Å². The number of hydrogen-bond acceptors (Lipinski definition) is 4. The van der Waals surface area contributed by atoms with E-state index in [4.69, 9.17) is 22.2 Å². The lowest BCUT2D eigenvalue weighted by Crippen LogP contribution is -2.25. The van der Waals surface area contributed by atoms with Crippen molar-refractivity contribution in [3.05, 3.63) is 28.8 Å². The third-order valence-electron chi connectivity index (χ3n) is 1.80. The second kappa shape index (κ2) is 4.86. The van der Waals surface area contributed by atoms with Crippen molar-refractivity contribution in [2.24, 2.45) is 5.11 Å². The molecule has 15 heavy (non-hydrogen) atoms. The summed E-state index contributed by atoms with van der Waals surface area (Å²) in [6.45, 7) is 1.77. The van der Waals surface area contributed by atoms with Crippen LogP contribution in [-0.2, 0) is 4.79 Å².